The van der Waals surface area contributed by atoms with Crippen molar-refractivity contribution in [2.24, 2.45) is 5.10 Å². The van der Waals surface area contributed by atoms with Crippen molar-refractivity contribution in [1.29, 1.82) is 0 Å². The molecule has 1 amide bonds. The maximum atomic E-state index is 11.8. The van der Waals surface area contributed by atoms with Crippen LogP contribution in [0.15, 0.2) is 66.3 Å². The van der Waals surface area contributed by atoms with Gasteiger partial charge in [0.05, 0.1) is 13.3 Å². The molecule has 2 aromatic carbocycles. The van der Waals surface area contributed by atoms with Crippen molar-refractivity contribution >= 4 is 12.1 Å². The van der Waals surface area contributed by atoms with Gasteiger partial charge in [0.1, 0.15) is 12.4 Å². The Kier molecular flexibility index (Phi) is 7.06. The van der Waals surface area contributed by atoms with Crippen LogP contribution in [0, 0.1) is 0 Å². The Hall–Kier alpha value is -3.28. The zero-order valence-corrected chi connectivity index (χ0v) is 14.0. The fraction of sp³-hybridized carbons (Fsp3) is 0.158. The fourth-order valence-electron chi connectivity index (χ4n) is 1.90. The highest BCUT2D eigenvalue weighted by atomic mass is 16.5. The SMILES string of the molecule is C=CCOc1ccc(C=NNC(=O)COc2ccccc2OC)cc1. The third-order valence-electron chi connectivity index (χ3n) is 3.08. The van der Waals surface area contributed by atoms with Gasteiger partial charge < -0.3 is 14.2 Å². The summed E-state index contributed by atoms with van der Waals surface area (Å²) < 4.78 is 15.9. The Morgan fingerprint density at radius 3 is 2.52 bits per heavy atom. The molecule has 0 heterocycles. The average Bonchev–Trinajstić information content (AvgIpc) is 2.66. The Morgan fingerprint density at radius 1 is 1.12 bits per heavy atom. The molecule has 1 N–H and O–H groups in total. The Morgan fingerprint density at radius 2 is 1.84 bits per heavy atom. The van der Waals surface area contributed by atoms with E-state index in [1.807, 2.05) is 30.3 Å². The molecular weight excluding hydrogens is 320 g/mol. The fourth-order valence-corrected chi connectivity index (χ4v) is 1.90. The number of hydrogen-bond donors (Lipinski definition) is 1. The van der Waals surface area contributed by atoms with Gasteiger partial charge in [0, 0.05) is 0 Å². The number of hydrogen-bond acceptors (Lipinski definition) is 5. The van der Waals surface area contributed by atoms with Crippen LogP contribution in [-0.2, 0) is 4.79 Å². The molecule has 0 spiro atoms. The summed E-state index contributed by atoms with van der Waals surface area (Å²) in [6, 6.07) is 14.4. The normalized spacial score (nSPS) is 10.3. The smallest absolute Gasteiger partial charge is 0.277 e. The third-order valence-corrected chi connectivity index (χ3v) is 3.08. The Balaban J connectivity index is 1.79. The standard InChI is InChI=1S/C19H20N2O4/c1-3-12-24-16-10-8-15(9-11-16)13-20-21-19(22)14-25-18-7-5-4-6-17(18)23-2/h3-11,13H,1,12,14H2,2H3,(H,21,22). The number of nitrogens with zero attached hydrogens (tertiary/aromatic N) is 1. The minimum atomic E-state index is -0.368. The third kappa shape index (κ3) is 6.02. The lowest BCUT2D eigenvalue weighted by atomic mass is 10.2. The van der Waals surface area contributed by atoms with Gasteiger partial charge in [-0.05, 0) is 42.0 Å². The van der Waals surface area contributed by atoms with Gasteiger partial charge in [0.15, 0.2) is 18.1 Å². The number of amides is 1. The minimum absolute atomic E-state index is 0.161. The van der Waals surface area contributed by atoms with Crippen LogP contribution in [-0.4, -0.2) is 32.4 Å². The van der Waals surface area contributed by atoms with E-state index in [1.54, 1.807) is 31.4 Å². The molecule has 25 heavy (non-hydrogen) atoms. The second-order valence-electron chi connectivity index (χ2n) is 4.90. The topological polar surface area (TPSA) is 69.2 Å². The summed E-state index contributed by atoms with van der Waals surface area (Å²) in [6.45, 7) is 3.88. The van der Waals surface area contributed by atoms with Gasteiger partial charge in [-0.2, -0.15) is 5.10 Å². The number of benzene rings is 2. The van der Waals surface area contributed by atoms with Crippen molar-refractivity contribution in [2.75, 3.05) is 20.3 Å². The van der Waals surface area contributed by atoms with Gasteiger partial charge in [-0.25, -0.2) is 5.43 Å². The molecule has 0 aliphatic heterocycles. The lowest BCUT2D eigenvalue weighted by Gasteiger charge is -2.09. The van der Waals surface area contributed by atoms with E-state index in [-0.39, 0.29) is 12.5 Å². The summed E-state index contributed by atoms with van der Waals surface area (Å²) >= 11 is 0. The highest BCUT2D eigenvalue weighted by molar-refractivity contribution is 5.83. The molecular formula is C19H20N2O4. The summed E-state index contributed by atoms with van der Waals surface area (Å²) in [5.74, 6) is 1.44. The van der Waals surface area contributed by atoms with Gasteiger partial charge in [0.25, 0.3) is 5.91 Å². The lowest BCUT2D eigenvalue weighted by Crippen LogP contribution is -2.24. The molecule has 0 unspecified atom stereocenters. The molecule has 0 aliphatic carbocycles. The molecule has 0 aromatic heterocycles. The van der Waals surface area contributed by atoms with E-state index >= 15 is 0 Å². The number of carbonyl (C=O) groups excluding carboxylic acids is 1. The largest absolute Gasteiger partial charge is 0.493 e. The number of carbonyl (C=O) groups is 1. The van der Waals surface area contributed by atoms with E-state index in [2.05, 4.69) is 17.1 Å². The summed E-state index contributed by atoms with van der Waals surface area (Å²) in [6.07, 6.45) is 3.22. The van der Waals surface area contributed by atoms with Gasteiger partial charge in [-0.15, -0.1) is 0 Å². The van der Waals surface area contributed by atoms with E-state index < -0.39 is 0 Å². The maximum absolute atomic E-state index is 11.8. The maximum Gasteiger partial charge on any atom is 0.277 e. The van der Waals surface area contributed by atoms with Gasteiger partial charge >= 0.3 is 0 Å². The van der Waals surface area contributed by atoms with E-state index in [9.17, 15) is 4.79 Å². The van der Waals surface area contributed by atoms with E-state index in [1.165, 1.54) is 6.21 Å². The van der Waals surface area contributed by atoms with Crippen molar-refractivity contribution in [3.63, 3.8) is 0 Å². The lowest BCUT2D eigenvalue weighted by molar-refractivity contribution is -0.123. The van der Waals surface area contributed by atoms with Crippen molar-refractivity contribution in [3.8, 4) is 17.2 Å². The van der Waals surface area contributed by atoms with Crippen LogP contribution in [0.25, 0.3) is 0 Å². The predicted octanol–water partition coefficient (Wildman–Crippen LogP) is 2.79. The van der Waals surface area contributed by atoms with E-state index in [4.69, 9.17) is 14.2 Å². The molecule has 130 valence electrons. The van der Waals surface area contributed by atoms with Crippen molar-refractivity contribution in [2.45, 2.75) is 0 Å². The Labute approximate surface area is 146 Å². The van der Waals surface area contributed by atoms with Crippen LogP contribution in [0.3, 0.4) is 0 Å². The average molecular weight is 340 g/mol. The number of para-hydroxylation sites is 2. The highest BCUT2D eigenvalue weighted by Crippen LogP contribution is 2.25. The first-order chi connectivity index (χ1) is 12.2. The first-order valence-corrected chi connectivity index (χ1v) is 7.64. The molecule has 0 bridgehead atoms. The number of nitrogens with one attached hydrogen (secondary N) is 1. The first kappa shape index (κ1) is 18.1. The van der Waals surface area contributed by atoms with Crippen LogP contribution >= 0.6 is 0 Å². The van der Waals surface area contributed by atoms with Crippen LogP contribution in [0.2, 0.25) is 0 Å². The van der Waals surface area contributed by atoms with E-state index in [0.29, 0.717) is 18.1 Å². The van der Waals surface area contributed by atoms with Crippen molar-refractivity contribution < 1.29 is 19.0 Å². The summed E-state index contributed by atoms with van der Waals surface area (Å²) in [4.78, 5) is 11.8. The van der Waals surface area contributed by atoms with Crippen molar-refractivity contribution in [1.82, 2.24) is 5.43 Å². The number of methoxy groups -OCH3 is 1. The second-order valence-corrected chi connectivity index (χ2v) is 4.90. The molecule has 6 heteroatoms. The van der Waals surface area contributed by atoms with Crippen molar-refractivity contribution in [3.05, 3.63) is 66.7 Å². The molecule has 6 nitrogen and oxygen atoms in total. The monoisotopic (exact) mass is 340 g/mol. The summed E-state index contributed by atoms with van der Waals surface area (Å²) in [5, 5.41) is 3.90. The second kappa shape index (κ2) is 9.77. The molecule has 0 saturated carbocycles. The molecule has 0 atom stereocenters. The van der Waals surface area contributed by atoms with Crippen LogP contribution < -0.4 is 19.6 Å². The number of ether oxygens (including phenoxy) is 3. The van der Waals surface area contributed by atoms with Gasteiger partial charge in [-0.1, -0.05) is 24.8 Å². The van der Waals surface area contributed by atoms with Crippen LogP contribution in [0.5, 0.6) is 17.2 Å². The highest BCUT2D eigenvalue weighted by Gasteiger charge is 2.05. The van der Waals surface area contributed by atoms with Crippen LogP contribution in [0.4, 0.5) is 0 Å². The molecule has 0 aliphatic rings. The molecule has 2 rings (SSSR count). The van der Waals surface area contributed by atoms with E-state index in [0.717, 1.165) is 11.3 Å². The quantitative estimate of drug-likeness (QED) is 0.433. The van der Waals surface area contributed by atoms with Gasteiger partial charge in [-0.3, -0.25) is 4.79 Å². The zero-order valence-electron chi connectivity index (χ0n) is 14.0. The number of rotatable bonds is 9. The summed E-state index contributed by atoms with van der Waals surface area (Å²) in [7, 11) is 1.54. The first-order valence-electron chi connectivity index (χ1n) is 7.64. The molecule has 0 saturated heterocycles. The molecule has 2 aromatic rings. The zero-order chi connectivity index (χ0) is 17.9. The Bertz CT molecular complexity index is 726. The van der Waals surface area contributed by atoms with Crippen LogP contribution in [0.1, 0.15) is 5.56 Å². The number of hydrazone groups is 1. The van der Waals surface area contributed by atoms with Gasteiger partial charge in [0.2, 0.25) is 0 Å². The minimum Gasteiger partial charge on any atom is -0.493 e. The molecule has 0 fully saturated rings. The predicted molar refractivity (Wildman–Crippen MR) is 96.4 cm³/mol. The molecule has 0 radical (unpaired) electrons. The summed E-state index contributed by atoms with van der Waals surface area (Å²) in [5.41, 5.74) is 3.24.